The lowest BCUT2D eigenvalue weighted by Crippen LogP contribution is -2.41. The number of carbonyl (C=O) groups is 2. The van der Waals surface area contributed by atoms with Crippen molar-refractivity contribution in [2.45, 2.75) is 26.7 Å². The molecule has 196 valence electrons. The van der Waals surface area contributed by atoms with Crippen LogP contribution >= 0.6 is 23.2 Å². The number of nitrogens with one attached hydrogen (secondary N) is 2. The lowest BCUT2D eigenvalue weighted by atomic mass is 10.1. The number of unbranched alkanes of at least 4 members (excludes halogenated alkanes) is 1. The zero-order chi connectivity index (χ0) is 27.1. The zero-order valence-electron chi connectivity index (χ0n) is 21.2. The highest BCUT2D eigenvalue weighted by molar-refractivity contribution is 6.36. The van der Waals surface area contributed by atoms with E-state index in [1.54, 1.807) is 22.9 Å². The Kier molecular flexibility index (Phi) is 9.05. The van der Waals surface area contributed by atoms with Crippen LogP contribution in [-0.4, -0.2) is 39.7 Å². The molecule has 7 nitrogen and oxygen atoms in total. The molecule has 1 heterocycles. The molecule has 38 heavy (non-hydrogen) atoms. The Morgan fingerprint density at radius 2 is 1.68 bits per heavy atom. The third-order valence-electron chi connectivity index (χ3n) is 5.90. The largest absolute Gasteiger partial charge is 0.322 e. The first-order valence-electron chi connectivity index (χ1n) is 12.4. The van der Waals surface area contributed by atoms with Gasteiger partial charge in [-0.3, -0.25) is 4.79 Å². The van der Waals surface area contributed by atoms with Crippen LogP contribution in [0.25, 0.3) is 16.9 Å². The van der Waals surface area contributed by atoms with E-state index in [0.29, 0.717) is 28.1 Å². The summed E-state index contributed by atoms with van der Waals surface area (Å²) in [5, 5.41) is 11.3. The van der Waals surface area contributed by atoms with Gasteiger partial charge in [0.1, 0.15) is 12.4 Å². The fourth-order valence-corrected chi connectivity index (χ4v) is 4.30. The van der Waals surface area contributed by atoms with Gasteiger partial charge < -0.3 is 15.5 Å². The summed E-state index contributed by atoms with van der Waals surface area (Å²) in [6.07, 6.45) is 1.61. The van der Waals surface area contributed by atoms with Crippen molar-refractivity contribution in [2.75, 3.05) is 23.7 Å². The molecular formula is C29H29Cl2N5O2. The molecule has 0 spiro atoms. The number of rotatable bonds is 9. The average molecular weight is 550 g/mol. The molecule has 4 aromatic rings. The minimum absolute atomic E-state index is 0.142. The van der Waals surface area contributed by atoms with E-state index in [4.69, 9.17) is 28.3 Å². The molecule has 0 aliphatic carbocycles. The van der Waals surface area contributed by atoms with Crippen LogP contribution in [0, 0.1) is 6.92 Å². The number of urea groups is 1. The number of hydrogen-bond donors (Lipinski definition) is 2. The molecule has 3 aromatic carbocycles. The summed E-state index contributed by atoms with van der Waals surface area (Å²) >= 11 is 12.2. The fourth-order valence-electron chi connectivity index (χ4n) is 3.85. The molecule has 0 saturated carbocycles. The van der Waals surface area contributed by atoms with E-state index in [1.807, 2.05) is 74.5 Å². The van der Waals surface area contributed by atoms with Crippen LogP contribution in [0.4, 0.5) is 16.3 Å². The molecule has 0 fully saturated rings. The van der Waals surface area contributed by atoms with Crippen molar-refractivity contribution in [3.05, 3.63) is 94.5 Å². The van der Waals surface area contributed by atoms with Gasteiger partial charge in [0, 0.05) is 23.2 Å². The first-order chi connectivity index (χ1) is 18.3. The molecule has 0 bridgehead atoms. The van der Waals surface area contributed by atoms with Crippen molar-refractivity contribution < 1.29 is 9.59 Å². The molecule has 0 unspecified atom stereocenters. The van der Waals surface area contributed by atoms with Crippen LogP contribution in [0.15, 0.2) is 78.9 Å². The van der Waals surface area contributed by atoms with Gasteiger partial charge in [-0.15, -0.1) is 0 Å². The van der Waals surface area contributed by atoms with Crippen LogP contribution < -0.4 is 10.6 Å². The Labute approximate surface area is 232 Å². The van der Waals surface area contributed by atoms with E-state index in [-0.39, 0.29) is 12.5 Å². The number of nitrogens with zero attached hydrogens (tertiary/aromatic N) is 3. The van der Waals surface area contributed by atoms with Crippen LogP contribution in [0.3, 0.4) is 0 Å². The Hall–Kier alpha value is -3.81. The molecule has 3 amide bonds. The first kappa shape index (κ1) is 27.2. The summed E-state index contributed by atoms with van der Waals surface area (Å²) in [4.78, 5) is 27.8. The predicted molar refractivity (Wildman–Crippen MR) is 154 cm³/mol. The summed E-state index contributed by atoms with van der Waals surface area (Å²) in [5.74, 6) is 0.167. The topological polar surface area (TPSA) is 79.3 Å². The summed E-state index contributed by atoms with van der Waals surface area (Å²) in [5.41, 5.74) is 4.00. The van der Waals surface area contributed by atoms with Gasteiger partial charge in [0.2, 0.25) is 5.91 Å². The third-order valence-corrected chi connectivity index (χ3v) is 6.45. The molecule has 0 atom stereocenters. The van der Waals surface area contributed by atoms with Crippen molar-refractivity contribution in [3.8, 4) is 16.9 Å². The maximum Gasteiger partial charge on any atom is 0.322 e. The van der Waals surface area contributed by atoms with Crippen molar-refractivity contribution in [1.29, 1.82) is 0 Å². The summed E-state index contributed by atoms with van der Waals surface area (Å²) in [6, 6.07) is 23.9. The minimum atomic E-state index is -0.421. The lowest BCUT2D eigenvalue weighted by molar-refractivity contribution is -0.116. The Balaban J connectivity index is 1.55. The molecule has 0 aliphatic heterocycles. The highest BCUT2D eigenvalue weighted by atomic mass is 35.5. The average Bonchev–Trinajstić information content (AvgIpc) is 3.32. The van der Waals surface area contributed by atoms with Gasteiger partial charge >= 0.3 is 6.03 Å². The van der Waals surface area contributed by atoms with Gasteiger partial charge in [-0.2, -0.15) is 5.10 Å². The number of hydrogen-bond acceptors (Lipinski definition) is 3. The van der Waals surface area contributed by atoms with Gasteiger partial charge in [-0.05, 0) is 43.7 Å². The zero-order valence-corrected chi connectivity index (χ0v) is 22.8. The standard InChI is InChI=1S/C29H29Cl2N5O2/c1-3-4-16-35(29(38)32-25-15-12-22(30)17-24(25)31)19-28(37)33-27-18-26(21-8-6-5-7-9-21)34-36(27)23-13-10-20(2)11-14-23/h5-15,17-18H,3-4,16,19H2,1-2H3,(H,32,38)(H,33,37). The number of aromatic nitrogens is 2. The molecular weight excluding hydrogens is 521 g/mol. The summed E-state index contributed by atoms with van der Waals surface area (Å²) in [6.45, 7) is 4.31. The van der Waals surface area contributed by atoms with Crippen molar-refractivity contribution in [2.24, 2.45) is 0 Å². The minimum Gasteiger partial charge on any atom is -0.315 e. The van der Waals surface area contributed by atoms with E-state index in [0.717, 1.165) is 35.3 Å². The number of benzene rings is 3. The Bertz CT molecular complexity index is 1400. The normalized spacial score (nSPS) is 10.7. The van der Waals surface area contributed by atoms with E-state index >= 15 is 0 Å². The van der Waals surface area contributed by atoms with E-state index in [1.165, 1.54) is 4.90 Å². The van der Waals surface area contributed by atoms with Gasteiger partial charge in [0.15, 0.2) is 0 Å². The smallest absolute Gasteiger partial charge is 0.315 e. The van der Waals surface area contributed by atoms with Gasteiger partial charge in [-0.1, -0.05) is 84.6 Å². The lowest BCUT2D eigenvalue weighted by Gasteiger charge is -2.23. The SMILES string of the molecule is CCCCN(CC(=O)Nc1cc(-c2ccccc2)nn1-c1ccc(C)cc1)C(=O)Nc1ccc(Cl)cc1Cl. The quantitative estimate of drug-likeness (QED) is 0.228. The summed E-state index contributed by atoms with van der Waals surface area (Å²) in [7, 11) is 0. The number of anilines is 2. The molecule has 0 radical (unpaired) electrons. The molecule has 9 heteroatoms. The molecule has 4 rings (SSSR count). The predicted octanol–water partition coefficient (Wildman–Crippen LogP) is 7.43. The second-order valence-corrected chi connectivity index (χ2v) is 9.75. The highest BCUT2D eigenvalue weighted by Crippen LogP contribution is 2.27. The third kappa shape index (κ3) is 6.94. The van der Waals surface area contributed by atoms with Crippen LogP contribution in [-0.2, 0) is 4.79 Å². The Morgan fingerprint density at radius 1 is 0.947 bits per heavy atom. The second-order valence-electron chi connectivity index (χ2n) is 8.91. The first-order valence-corrected chi connectivity index (χ1v) is 13.1. The highest BCUT2D eigenvalue weighted by Gasteiger charge is 2.20. The number of amides is 3. The van der Waals surface area contributed by atoms with Gasteiger partial charge in [0.25, 0.3) is 0 Å². The van der Waals surface area contributed by atoms with Gasteiger partial charge in [-0.25, -0.2) is 9.48 Å². The van der Waals surface area contributed by atoms with Crippen LogP contribution in [0.5, 0.6) is 0 Å². The van der Waals surface area contributed by atoms with Crippen molar-refractivity contribution >= 4 is 46.6 Å². The molecule has 0 saturated heterocycles. The number of carbonyl (C=O) groups excluding carboxylic acids is 2. The monoisotopic (exact) mass is 549 g/mol. The van der Waals surface area contributed by atoms with E-state index in [9.17, 15) is 9.59 Å². The summed E-state index contributed by atoms with van der Waals surface area (Å²) < 4.78 is 1.70. The van der Waals surface area contributed by atoms with Crippen molar-refractivity contribution in [1.82, 2.24) is 14.7 Å². The van der Waals surface area contributed by atoms with Gasteiger partial charge in [0.05, 0.1) is 22.1 Å². The van der Waals surface area contributed by atoms with E-state index in [2.05, 4.69) is 10.6 Å². The molecule has 1 aromatic heterocycles. The second kappa shape index (κ2) is 12.6. The maximum absolute atomic E-state index is 13.2. The molecule has 2 N–H and O–H groups in total. The number of aryl methyl sites for hydroxylation is 1. The van der Waals surface area contributed by atoms with Crippen molar-refractivity contribution in [3.63, 3.8) is 0 Å². The van der Waals surface area contributed by atoms with Crippen LogP contribution in [0.1, 0.15) is 25.3 Å². The van der Waals surface area contributed by atoms with Crippen LogP contribution in [0.2, 0.25) is 10.0 Å². The maximum atomic E-state index is 13.2. The fraction of sp³-hybridized carbons (Fsp3) is 0.207. The Morgan fingerprint density at radius 3 is 2.37 bits per heavy atom. The molecule has 0 aliphatic rings. The van der Waals surface area contributed by atoms with E-state index < -0.39 is 6.03 Å². The number of halogens is 2.